The largest absolute Gasteiger partial charge is 0.368 e. The van der Waals surface area contributed by atoms with Gasteiger partial charge in [-0.1, -0.05) is 11.6 Å². The second kappa shape index (κ2) is 5.65. The van der Waals surface area contributed by atoms with Crippen LogP contribution in [0.25, 0.3) is 0 Å². The minimum atomic E-state index is -3.95. The van der Waals surface area contributed by atoms with Gasteiger partial charge >= 0.3 is 0 Å². The molecule has 1 aromatic rings. The SMILES string of the molecule is NC(=O)C1CNCCN1S(=O)(=O)c1ccc(F)c(Cl)c1. The Balaban J connectivity index is 2.42. The molecule has 6 nitrogen and oxygen atoms in total. The molecule has 0 saturated carbocycles. The summed E-state index contributed by atoms with van der Waals surface area (Å²) in [6.45, 7) is 0.645. The number of halogens is 2. The van der Waals surface area contributed by atoms with Gasteiger partial charge in [0.1, 0.15) is 11.9 Å². The van der Waals surface area contributed by atoms with Crippen LogP contribution in [0.5, 0.6) is 0 Å². The predicted octanol–water partition coefficient (Wildman–Crippen LogP) is -0.0731. The number of hydrogen-bond donors (Lipinski definition) is 2. The Kier molecular flexibility index (Phi) is 4.28. The zero-order valence-corrected chi connectivity index (χ0v) is 11.9. The number of nitrogens with one attached hydrogen (secondary N) is 1. The van der Waals surface area contributed by atoms with Gasteiger partial charge in [-0.15, -0.1) is 0 Å². The third-order valence-electron chi connectivity index (χ3n) is 3.02. The molecule has 1 fully saturated rings. The lowest BCUT2D eigenvalue weighted by Crippen LogP contribution is -2.58. The van der Waals surface area contributed by atoms with E-state index in [1.165, 1.54) is 0 Å². The van der Waals surface area contributed by atoms with Gasteiger partial charge in [0.05, 0.1) is 9.92 Å². The fourth-order valence-electron chi connectivity index (χ4n) is 1.99. The van der Waals surface area contributed by atoms with Crippen LogP contribution < -0.4 is 11.1 Å². The number of carbonyl (C=O) groups excluding carboxylic acids is 1. The highest BCUT2D eigenvalue weighted by atomic mass is 35.5. The molecule has 110 valence electrons. The molecule has 20 heavy (non-hydrogen) atoms. The molecule has 0 radical (unpaired) electrons. The van der Waals surface area contributed by atoms with E-state index < -0.39 is 27.8 Å². The van der Waals surface area contributed by atoms with Crippen LogP contribution >= 0.6 is 11.6 Å². The fraction of sp³-hybridized carbons (Fsp3) is 0.364. The van der Waals surface area contributed by atoms with Gasteiger partial charge in [-0.2, -0.15) is 4.31 Å². The van der Waals surface area contributed by atoms with Crippen molar-refractivity contribution in [3.63, 3.8) is 0 Å². The summed E-state index contributed by atoms with van der Waals surface area (Å²) in [5.41, 5.74) is 5.22. The van der Waals surface area contributed by atoms with Gasteiger partial charge < -0.3 is 11.1 Å². The van der Waals surface area contributed by atoms with Crippen molar-refractivity contribution in [1.82, 2.24) is 9.62 Å². The van der Waals surface area contributed by atoms with Crippen molar-refractivity contribution in [2.45, 2.75) is 10.9 Å². The second-order valence-corrected chi connectivity index (χ2v) is 6.61. The van der Waals surface area contributed by atoms with E-state index in [9.17, 15) is 17.6 Å². The van der Waals surface area contributed by atoms with Gasteiger partial charge in [-0.25, -0.2) is 12.8 Å². The van der Waals surface area contributed by atoms with Crippen molar-refractivity contribution >= 4 is 27.5 Å². The van der Waals surface area contributed by atoms with Gasteiger partial charge in [0, 0.05) is 19.6 Å². The monoisotopic (exact) mass is 321 g/mol. The van der Waals surface area contributed by atoms with E-state index in [0.29, 0.717) is 6.54 Å². The molecule has 1 heterocycles. The normalized spacial score (nSPS) is 20.8. The number of sulfonamides is 1. The summed E-state index contributed by atoms with van der Waals surface area (Å²) in [6.07, 6.45) is 0. The third-order valence-corrected chi connectivity index (χ3v) is 5.21. The molecular formula is C11H13ClFN3O3S. The number of piperazine rings is 1. The summed E-state index contributed by atoms with van der Waals surface area (Å²) in [7, 11) is -3.95. The first kappa shape index (κ1) is 15.2. The van der Waals surface area contributed by atoms with Gasteiger partial charge in [0.25, 0.3) is 0 Å². The number of nitrogens with zero attached hydrogens (tertiary/aromatic N) is 1. The summed E-state index contributed by atoms with van der Waals surface area (Å²) in [5.74, 6) is -1.45. The smallest absolute Gasteiger partial charge is 0.243 e. The molecule has 1 atom stereocenters. The summed E-state index contributed by atoms with van der Waals surface area (Å²) < 4.78 is 39.1. The minimum absolute atomic E-state index is 0.102. The van der Waals surface area contributed by atoms with Crippen molar-refractivity contribution in [3.05, 3.63) is 29.0 Å². The van der Waals surface area contributed by atoms with Crippen molar-refractivity contribution in [1.29, 1.82) is 0 Å². The lowest BCUT2D eigenvalue weighted by Gasteiger charge is -2.33. The average Bonchev–Trinajstić information content (AvgIpc) is 2.41. The number of hydrogen-bond acceptors (Lipinski definition) is 4. The predicted molar refractivity (Wildman–Crippen MR) is 71.2 cm³/mol. The number of benzene rings is 1. The number of carbonyl (C=O) groups is 1. The lowest BCUT2D eigenvalue weighted by atomic mass is 10.2. The van der Waals surface area contributed by atoms with Crippen LogP contribution in [-0.4, -0.2) is 44.3 Å². The molecule has 1 aliphatic rings. The zero-order valence-electron chi connectivity index (χ0n) is 10.3. The van der Waals surface area contributed by atoms with Crippen LogP contribution in [0.3, 0.4) is 0 Å². The third kappa shape index (κ3) is 2.78. The molecule has 0 aliphatic carbocycles. The van der Waals surface area contributed by atoms with E-state index in [0.717, 1.165) is 22.5 Å². The van der Waals surface area contributed by atoms with Crippen molar-refractivity contribution in [2.75, 3.05) is 19.6 Å². The Morgan fingerprint density at radius 1 is 1.50 bits per heavy atom. The molecule has 9 heteroatoms. The van der Waals surface area contributed by atoms with Crippen LogP contribution in [-0.2, 0) is 14.8 Å². The molecule has 1 amide bonds. The molecule has 1 aromatic carbocycles. The first-order chi connectivity index (χ1) is 9.34. The summed E-state index contributed by atoms with van der Waals surface area (Å²) in [5, 5.41) is 2.60. The highest BCUT2D eigenvalue weighted by molar-refractivity contribution is 7.89. The quantitative estimate of drug-likeness (QED) is 0.815. The molecule has 1 saturated heterocycles. The number of rotatable bonds is 3. The minimum Gasteiger partial charge on any atom is -0.368 e. The maximum atomic E-state index is 13.1. The van der Waals surface area contributed by atoms with E-state index in [4.69, 9.17) is 17.3 Å². The van der Waals surface area contributed by atoms with Gasteiger partial charge in [-0.3, -0.25) is 4.79 Å². The topological polar surface area (TPSA) is 92.5 Å². The first-order valence-electron chi connectivity index (χ1n) is 5.81. The Labute approximate surface area is 120 Å². The standard InChI is InChI=1S/C11H13ClFN3O3S/c12-8-5-7(1-2-9(8)13)20(18,19)16-4-3-15-6-10(16)11(14)17/h1-2,5,10,15H,3-4,6H2,(H2,14,17). The van der Waals surface area contributed by atoms with Gasteiger partial charge in [-0.05, 0) is 18.2 Å². The second-order valence-electron chi connectivity index (χ2n) is 4.31. The van der Waals surface area contributed by atoms with E-state index in [1.807, 2.05) is 0 Å². The first-order valence-corrected chi connectivity index (χ1v) is 7.63. The van der Waals surface area contributed by atoms with Crippen LogP contribution in [0.2, 0.25) is 5.02 Å². The highest BCUT2D eigenvalue weighted by Crippen LogP contribution is 2.24. The fourth-order valence-corrected chi connectivity index (χ4v) is 3.86. The van der Waals surface area contributed by atoms with Gasteiger partial charge in [0.15, 0.2) is 0 Å². The van der Waals surface area contributed by atoms with E-state index in [-0.39, 0.29) is 23.0 Å². The number of nitrogens with two attached hydrogens (primary N) is 1. The molecule has 2 rings (SSSR count). The average molecular weight is 322 g/mol. The maximum Gasteiger partial charge on any atom is 0.243 e. The zero-order chi connectivity index (χ0) is 14.9. The van der Waals surface area contributed by atoms with E-state index in [1.54, 1.807) is 0 Å². The Hall–Kier alpha value is -1.22. The molecular weight excluding hydrogens is 309 g/mol. The molecule has 1 aliphatic heterocycles. The number of primary amides is 1. The molecule has 3 N–H and O–H groups in total. The molecule has 0 bridgehead atoms. The van der Waals surface area contributed by atoms with Crippen LogP contribution in [0, 0.1) is 5.82 Å². The Morgan fingerprint density at radius 3 is 2.80 bits per heavy atom. The summed E-state index contributed by atoms with van der Waals surface area (Å²) in [6, 6.07) is 2.12. The molecule has 0 spiro atoms. The van der Waals surface area contributed by atoms with Crippen LogP contribution in [0.4, 0.5) is 4.39 Å². The van der Waals surface area contributed by atoms with Crippen molar-refractivity contribution < 1.29 is 17.6 Å². The molecule has 1 unspecified atom stereocenters. The van der Waals surface area contributed by atoms with Crippen LogP contribution in [0.15, 0.2) is 23.1 Å². The van der Waals surface area contributed by atoms with Crippen molar-refractivity contribution in [3.8, 4) is 0 Å². The van der Waals surface area contributed by atoms with E-state index in [2.05, 4.69) is 5.32 Å². The number of amides is 1. The highest BCUT2D eigenvalue weighted by Gasteiger charge is 2.36. The molecule has 0 aromatic heterocycles. The van der Waals surface area contributed by atoms with Crippen molar-refractivity contribution in [2.24, 2.45) is 5.73 Å². The lowest BCUT2D eigenvalue weighted by molar-refractivity contribution is -0.122. The summed E-state index contributed by atoms with van der Waals surface area (Å²) >= 11 is 5.60. The Bertz CT molecular complexity index is 638. The Morgan fingerprint density at radius 2 is 2.20 bits per heavy atom. The van der Waals surface area contributed by atoms with Crippen LogP contribution in [0.1, 0.15) is 0 Å². The van der Waals surface area contributed by atoms with E-state index >= 15 is 0 Å². The van der Waals surface area contributed by atoms with Gasteiger partial charge in [0.2, 0.25) is 15.9 Å². The maximum absolute atomic E-state index is 13.1. The summed E-state index contributed by atoms with van der Waals surface area (Å²) in [4.78, 5) is 11.2.